The number of thioether (sulfide) groups is 1. The number of benzene rings is 4. The third-order valence-electron chi connectivity index (χ3n) is 5.62. The van der Waals surface area contributed by atoms with E-state index in [0.717, 1.165) is 16.7 Å². The van der Waals surface area contributed by atoms with Crippen molar-refractivity contribution in [1.82, 2.24) is 0 Å². The highest BCUT2D eigenvalue weighted by molar-refractivity contribution is 8.04. The van der Waals surface area contributed by atoms with Gasteiger partial charge < -0.3 is 10.6 Å². The van der Waals surface area contributed by atoms with E-state index in [9.17, 15) is 18.8 Å². The number of rotatable bonds is 7. The Morgan fingerprint density at radius 2 is 1.39 bits per heavy atom. The second-order valence-electron chi connectivity index (χ2n) is 8.18. The fourth-order valence-electron chi connectivity index (χ4n) is 3.77. The SMILES string of the molecule is O=C(Nc1ccc(SC2=C(Nc3ccc(F)cc3)C(=O)N(c3ccccc3)C2=O)cc1)c1ccccc1Cl. The van der Waals surface area contributed by atoms with E-state index in [1.807, 2.05) is 0 Å². The highest BCUT2D eigenvalue weighted by atomic mass is 35.5. The Morgan fingerprint density at radius 3 is 2.08 bits per heavy atom. The van der Waals surface area contributed by atoms with Crippen molar-refractivity contribution >= 4 is 58.1 Å². The van der Waals surface area contributed by atoms with Gasteiger partial charge in [0, 0.05) is 16.3 Å². The Hall–Kier alpha value is -4.40. The van der Waals surface area contributed by atoms with E-state index in [1.54, 1.807) is 78.9 Å². The average molecular weight is 544 g/mol. The molecule has 0 spiro atoms. The standard InChI is InChI=1S/C29H19ClFN3O3S/c30-24-9-5-4-8-23(24)27(35)33-20-14-16-22(17-15-20)38-26-25(32-19-12-10-18(31)11-13-19)28(36)34(29(26)37)21-6-2-1-3-7-21/h1-17,32H,(H,33,35). The van der Waals surface area contributed by atoms with Gasteiger partial charge in [0.2, 0.25) is 0 Å². The van der Waals surface area contributed by atoms with E-state index in [-0.39, 0.29) is 16.5 Å². The maximum atomic E-state index is 13.4. The molecule has 6 nitrogen and oxygen atoms in total. The summed E-state index contributed by atoms with van der Waals surface area (Å²) in [6, 6.07) is 27.7. The van der Waals surface area contributed by atoms with E-state index in [1.165, 1.54) is 24.3 Å². The lowest BCUT2D eigenvalue weighted by Crippen LogP contribution is -2.32. The lowest BCUT2D eigenvalue weighted by molar-refractivity contribution is -0.120. The predicted octanol–water partition coefficient (Wildman–Crippen LogP) is 6.72. The van der Waals surface area contributed by atoms with Crippen LogP contribution in [0.3, 0.4) is 0 Å². The van der Waals surface area contributed by atoms with Gasteiger partial charge in [-0.25, -0.2) is 9.29 Å². The minimum absolute atomic E-state index is 0.0894. The number of nitrogens with zero attached hydrogens (tertiary/aromatic N) is 1. The van der Waals surface area contributed by atoms with Crippen molar-refractivity contribution in [2.75, 3.05) is 15.5 Å². The van der Waals surface area contributed by atoms with Gasteiger partial charge in [-0.15, -0.1) is 0 Å². The Bertz CT molecular complexity index is 1560. The van der Waals surface area contributed by atoms with E-state index < -0.39 is 17.6 Å². The molecule has 0 fully saturated rings. The predicted molar refractivity (Wildman–Crippen MR) is 148 cm³/mol. The van der Waals surface area contributed by atoms with Gasteiger partial charge in [-0.05, 0) is 72.8 Å². The summed E-state index contributed by atoms with van der Waals surface area (Å²) in [5.74, 6) is -1.76. The molecule has 1 heterocycles. The molecule has 0 saturated heterocycles. The van der Waals surface area contributed by atoms with Crippen molar-refractivity contribution in [1.29, 1.82) is 0 Å². The fraction of sp³-hybridized carbons (Fsp3) is 0. The van der Waals surface area contributed by atoms with Crippen molar-refractivity contribution in [3.05, 3.63) is 130 Å². The summed E-state index contributed by atoms with van der Waals surface area (Å²) in [6.45, 7) is 0. The van der Waals surface area contributed by atoms with Crippen LogP contribution in [-0.4, -0.2) is 17.7 Å². The quantitative estimate of drug-likeness (QED) is 0.253. The van der Waals surface area contributed by atoms with Crippen LogP contribution in [0.1, 0.15) is 10.4 Å². The number of nitrogens with one attached hydrogen (secondary N) is 2. The first-order chi connectivity index (χ1) is 18.4. The molecular weight excluding hydrogens is 525 g/mol. The molecule has 0 radical (unpaired) electrons. The van der Waals surface area contributed by atoms with Gasteiger partial charge in [-0.3, -0.25) is 14.4 Å². The van der Waals surface area contributed by atoms with E-state index >= 15 is 0 Å². The van der Waals surface area contributed by atoms with Gasteiger partial charge in [-0.1, -0.05) is 53.7 Å². The first kappa shape index (κ1) is 25.3. The fourth-order valence-corrected chi connectivity index (χ4v) is 4.92. The molecule has 0 atom stereocenters. The number of anilines is 3. The number of imide groups is 1. The number of para-hydroxylation sites is 1. The smallest absolute Gasteiger partial charge is 0.283 e. The Balaban J connectivity index is 1.40. The molecule has 38 heavy (non-hydrogen) atoms. The van der Waals surface area contributed by atoms with Crippen molar-refractivity contribution in [3.8, 4) is 0 Å². The van der Waals surface area contributed by atoms with Crippen LogP contribution in [0.25, 0.3) is 0 Å². The van der Waals surface area contributed by atoms with Crippen molar-refractivity contribution < 1.29 is 18.8 Å². The monoisotopic (exact) mass is 543 g/mol. The van der Waals surface area contributed by atoms with Crippen LogP contribution in [0, 0.1) is 5.82 Å². The van der Waals surface area contributed by atoms with E-state index in [2.05, 4.69) is 10.6 Å². The molecule has 0 bridgehead atoms. The molecule has 4 aromatic rings. The van der Waals surface area contributed by atoms with Crippen LogP contribution in [0.2, 0.25) is 5.02 Å². The Kier molecular flexibility index (Phi) is 7.26. The molecule has 188 valence electrons. The van der Waals surface area contributed by atoms with Gasteiger partial charge in [0.15, 0.2) is 0 Å². The summed E-state index contributed by atoms with van der Waals surface area (Å²) in [4.78, 5) is 41.3. The molecule has 0 saturated carbocycles. The molecule has 5 rings (SSSR count). The second kappa shape index (κ2) is 10.9. The van der Waals surface area contributed by atoms with Crippen LogP contribution < -0.4 is 15.5 Å². The average Bonchev–Trinajstić information content (AvgIpc) is 3.15. The summed E-state index contributed by atoms with van der Waals surface area (Å²) in [5.41, 5.74) is 1.89. The Labute approximate surface area is 227 Å². The molecule has 0 aliphatic carbocycles. The third-order valence-corrected chi connectivity index (χ3v) is 7.04. The van der Waals surface area contributed by atoms with Crippen molar-refractivity contribution in [3.63, 3.8) is 0 Å². The molecule has 3 amide bonds. The van der Waals surface area contributed by atoms with Gasteiger partial charge in [-0.2, -0.15) is 0 Å². The summed E-state index contributed by atoms with van der Waals surface area (Å²) in [7, 11) is 0. The summed E-state index contributed by atoms with van der Waals surface area (Å²) >= 11 is 7.23. The topological polar surface area (TPSA) is 78.5 Å². The number of carbonyl (C=O) groups is 3. The molecule has 1 aliphatic rings. The number of hydrogen-bond donors (Lipinski definition) is 2. The van der Waals surface area contributed by atoms with Crippen LogP contribution >= 0.6 is 23.4 Å². The molecule has 0 unspecified atom stereocenters. The van der Waals surface area contributed by atoms with E-state index in [0.29, 0.717) is 32.5 Å². The maximum absolute atomic E-state index is 13.4. The largest absolute Gasteiger partial charge is 0.350 e. The molecule has 1 aliphatic heterocycles. The molecule has 9 heteroatoms. The molecule has 0 aromatic heterocycles. The number of hydrogen-bond acceptors (Lipinski definition) is 5. The Morgan fingerprint density at radius 1 is 0.763 bits per heavy atom. The van der Waals surface area contributed by atoms with Gasteiger partial charge in [0.25, 0.3) is 17.7 Å². The minimum atomic E-state index is -0.517. The summed E-state index contributed by atoms with van der Waals surface area (Å²) in [6.07, 6.45) is 0. The van der Waals surface area contributed by atoms with Crippen molar-refractivity contribution in [2.24, 2.45) is 0 Å². The van der Waals surface area contributed by atoms with E-state index in [4.69, 9.17) is 11.6 Å². The highest BCUT2D eigenvalue weighted by Gasteiger charge is 2.40. The first-order valence-corrected chi connectivity index (χ1v) is 12.6. The minimum Gasteiger partial charge on any atom is -0.350 e. The third kappa shape index (κ3) is 5.32. The summed E-state index contributed by atoms with van der Waals surface area (Å²) < 4.78 is 13.4. The van der Waals surface area contributed by atoms with Gasteiger partial charge in [0.1, 0.15) is 16.4 Å². The van der Waals surface area contributed by atoms with Crippen LogP contribution in [-0.2, 0) is 9.59 Å². The molecule has 4 aromatic carbocycles. The number of carbonyl (C=O) groups excluding carboxylic acids is 3. The lowest BCUT2D eigenvalue weighted by atomic mass is 10.2. The number of halogens is 2. The zero-order valence-electron chi connectivity index (χ0n) is 19.7. The maximum Gasteiger partial charge on any atom is 0.283 e. The van der Waals surface area contributed by atoms with Crippen LogP contribution in [0.5, 0.6) is 0 Å². The zero-order valence-corrected chi connectivity index (χ0v) is 21.2. The first-order valence-electron chi connectivity index (χ1n) is 11.5. The summed E-state index contributed by atoms with van der Waals surface area (Å²) in [5, 5.41) is 6.13. The highest BCUT2D eigenvalue weighted by Crippen LogP contribution is 2.38. The number of amides is 3. The molecular formula is C29H19ClFN3O3S. The van der Waals surface area contributed by atoms with Crippen LogP contribution in [0.15, 0.2) is 119 Å². The second-order valence-corrected chi connectivity index (χ2v) is 9.67. The lowest BCUT2D eigenvalue weighted by Gasteiger charge is -2.15. The van der Waals surface area contributed by atoms with Gasteiger partial charge >= 0.3 is 0 Å². The zero-order chi connectivity index (χ0) is 26.6. The molecule has 2 N–H and O–H groups in total. The normalized spacial score (nSPS) is 13.2. The van der Waals surface area contributed by atoms with Crippen molar-refractivity contribution in [2.45, 2.75) is 4.90 Å². The van der Waals surface area contributed by atoms with Crippen LogP contribution in [0.4, 0.5) is 21.5 Å². The van der Waals surface area contributed by atoms with Gasteiger partial charge in [0.05, 0.1) is 16.3 Å².